The van der Waals surface area contributed by atoms with Crippen LogP contribution in [0, 0.1) is 5.82 Å². The SMILES string of the molecule is O=C(Nc1cccc(F)c1)N1C[C@@H]2[C@H](c3ccccc31)[C@H](CO)N2C(=O)c1cccnc1. The molecule has 7 nitrogen and oxygen atoms in total. The lowest BCUT2D eigenvalue weighted by molar-refractivity contribution is -0.0241. The van der Waals surface area contributed by atoms with Crippen molar-refractivity contribution in [3.8, 4) is 0 Å². The highest BCUT2D eigenvalue weighted by Gasteiger charge is 2.55. The zero-order valence-corrected chi connectivity index (χ0v) is 17.1. The van der Waals surface area contributed by atoms with Gasteiger partial charge in [0.15, 0.2) is 0 Å². The quantitative estimate of drug-likeness (QED) is 0.665. The summed E-state index contributed by atoms with van der Waals surface area (Å²) in [4.78, 5) is 33.6. The Hall–Kier alpha value is -3.78. The number of likely N-dealkylation sites (tertiary alicyclic amines) is 1. The molecule has 5 rings (SSSR count). The molecule has 8 heteroatoms. The second kappa shape index (κ2) is 8.05. The van der Waals surface area contributed by atoms with E-state index in [0.717, 1.165) is 11.3 Å². The minimum Gasteiger partial charge on any atom is -0.394 e. The number of carbonyl (C=O) groups excluding carboxylic acids is 2. The van der Waals surface area contributed by atoms with Crippen molar-refractivity contribution >= 4 is 23.3 Å². The van der Waals surface area contributed by atoms with Crippen LogP contribution in [0.15, 0.2) is 73.1 Å². The van der Waals surface area contributed by atoms with E-state index in [1.54, 1.807) is 34.2 Å². The number of rotatable bonds is 3. The van der Waals surface area contributed by atoms with Gasteiger partial charge in [-0.25, -0.2) is 9.18 Å². The number of pyridine rings is 1. The number of benzene rings is 2. The van der Waals surface area contributed by atoms with Gasteiger partial charge in [0.05, 0.1) is 24.3 Å². The predicted molar refractivity (Wildman–Crippen MR) is 117 cm³/mol. The number of aromatic nitrogens is 1. The summed E-state index contributed by atoms with van der Waals surface area (Å²) in [6.07, 6.45) is 3.09. The summed E-state index contributed by atoms with van der Waals surface area (Å²) in [5.41, 5.74) is 2.39. The van der Waals surface area contributed by atoms with Crippen molar-refractivity contribution in [1.82, 2.24) is 9.88 Å². The van der Waals surface area contributed by atoms with Crippen LogP contribution in [0.2, 0.25) is 0 Å². The average molecular weight is 432 g/mol. The number of urea groups is 1. The van der Waals surface area contributed by atoms with Crippen LogP contribution in [0.4, 0.5) is 20.6 Å². The van der Waals surface area contributed by atoms with E-state index in [9.17, 15) is 19.1 Å². The van der Waals surface area contributed by atoms with Crippen LogP contribution in [-0.2, 0) is 0 Å². The Balaban J connectivity index is 1.47. The van der Waals surface area contributed by atoms with E-state index in [1.807, 2.05) is 24.3 Å². The molecule has 0 saturated carbocycles. The normalized spacial score (nSPS) is 21.2. The Morgan fingerprint density at radius 3 is 2.72 bits per heavy atom. The lowest BCUT2D eigenvalue weighted by atomic mass is 9.71. The molecule has 0 bridgehead atoms. The molecule has 2 N–H and O–H groups in total. The molecule has 2 aliphatic rings. The van der Waals surface area contributed by atoms with Gasteiger partial charge in [-0.3, -0.25) is 14.7 Å². The molecule has 3 heterocycles. The topological polar surface area (TPSA) is 85.8 Å². The lowest BCUT2D eigenvalue weighted by Gasteiger charge is -2.58. The molecule has 1 saturated heterocycles. The van der Waals surface area contributed by atoms with E-state index in [-0.39, 0.29) is 37.1 Å². The number of fused-ring (bicyclic) bond motifs is 3. The number of amides is 3. The van der Waals surface area contributed by atoms with Gasteiger partial charge in [-0.05, 0) is 42.0 Å². The summed E-state index contributed by atoms with van der Waals surface area (Å²) < 4.78 is 13.6. The van der Waals surface area contributed by atoms with Crippen LogP contribution < -0.4 is 10.2 Å². The van der Waals surface area contributed by atoms with Gasteiger partial charge < -0.3 is 15.3 Å². The molecule has 1 aromatic heterocycles. The van der Waals surface area contributed by atoms with Crippen molar-refractivity contribution in [1.29, 1.82) is 0 Å². The molecular formula is C24H21FN4O3. The third-order valence-electron chi connectivity index (χ3n) is 6.15. The molecule has 3 aromatic rings. The van der Waals surface area contributed by atoms with Gasteiger partial charge in [0.25, 0.3) is 5.91 Å². The monoisotopic (exact) mass is 432 g/mol. The maximum Gasteiger partial charge on any atom is 0.326 e. The highest BCUT2D eigenvalue weighted by atomic mass is 19.1. The molecule has 3 atom stereocenters. The van der Waals surface area contributed by atoms with Gasteiger partial charge in [0.1, 0.15) is 5.82 Å². The molecular weight excluding hydrogens is 411 g/mol. The Kier molecular flexibility index (Phi) is 5.07. The van der Waals surface area contributed by atoms with Gasteiger partial charge in [-0.2, -0.15) is 0 Å². The fraction of sp³-hybridized carbons (Fsp3) is 0.208. The second-order valence-corrected chi connectivity index (χ2v) is 7.91. The van der Waals surface area contributed by atoms with Crippen LogP contribution in [0.25, 0.3) is 0 Å². The highest BCUT2D eigenvalue weighted by molar-refractivity contribution is 6.03. The van der Waals surface area contributed by atoms with Gasteiger partial charge >= 0.3 is 6.03 Å². The lowest BCUT2D eigenvalue weighted by Crippen LogP contribution is -2.71. The van der Waals surface area contributed by atoms with Gasteiger partial charge in [0, 0.05) is 36.2 Å². The van der Waals surface area contributed by atoms with Gasteiger partial charge in [-0.1, -0.05) is 24.3 Å². The summed E-state index contributed by atoms with van der Waals surface area (Å²) in [5.74, 6) is -0.766. The van der Waals surface area contributed by atoms with Crippen molar-refractivity contribution < 1.29 is 19.1 Å². The Morgan fingerprint density at radius 2 is 1.97 bits per heavy atom. The maximum absolute atomic E-state index is 13.6. The molecule has 2 aliphatic heterocycles. The molecule has 162 valence electrons. The zero-order chi connectivity index (χ0) is 22.2. The highest BCUT2D eigenvalue weighted by Crippen LogP contribution is 2.48. The second-order valence-electron chi connectivity index (χ2n) is 7.91. The molecule has 0 radical (unpaired) electrons. The van der Waals surface area contributed by atoms with E-state index >= 15 is 0 Å². The van der Waals surface area contributed by atoms with Crippen molar-refractivity contribution in [3.63, 3.8) is 0 Å². The first-order chi connectivity index (χ1) is 15.6. The van der Waals surface area contributed by atoms with Crippen LogP contribution in [0.3, 0.4) is 0 Å². The minimum atomic E-state index is -0.445. The number of carbonyl (C=O) groups is 2. The molecule has 2 aromatic carbocycles. The van der Waals surface area contributed by atoms with E-state index in [2.05, 4.69) is 10.3 Å². The number of hydrogen-bond donors (Lipinski definition) is 2. The van der Waals surface area contributed by atoms with Crippen molar-refractivity contribution in [2.24, 2.45) is 0 Å². The summed E-state index contributed by atoms with van der Waals surface area (Å²) in [6, 6.07) is 15.5. The number of nitrogens with one attached hydrogen (secondary N) is 1. The number of anilines is 2. The Bertz CT molecular complexity index is 1170. The van der Waals surface area contributed by atoms with Crippen LogP contribution in [-0.4, -0.2) is 52.2 Å². The number of halogens is 1. The third kappa shape index (κ3) is 3.29. The minimum absolute atomic E-state index is 0.0879. The van der Waals surface area contributed by atoms with Crippen LogP contribution in [0.1, 0.15) is 21.8 Å². The number of aliphatic hydroxyl groups excluding tert-OH is 1. The predicted octanol–water partition coefficient (Wildman–Crippen LogP) is 3.24. The number of nitrogens with zero attached hydrogens (tertiary/aromatic N) is 3. The van der Waals surface area contributed by atoms with E-state index < -0.39 is 11.8 Å². The molecule has 0 unspecified atom stereocenters. The Morgan fingerprint density at radius 1 is 1.12 bits per heavy atom. The fourth-order valence-corrected chi connectivity index (χ4v) is 4.75. The first-order valence-electron chi connectivity index (χ1n) is 10.3. The summed E-state index contributed by atoms with van der Waals surface area (Å²) in [6.45, 7) is 0.0717. The first-order valence-corrected chi connectivity index (χ1v) is 10.3. The summed E-state index contributed by atoms with van der Waals surface area (Å²) in [7, 11) is 0. The molecule has 32 heavy (non-hydrogen) atoms. The Labute approximate surface area is 184 Å². The van der Waals surface area contributed by atoms with Gasteiger partial charge in [-0.15, -0.1) is 0 Å². The van der Waals surface area contributed by atoms with Gasteiger partial charge in [0.2, 0.25) is 0 Å². The van der Waals surface area contributed by atoms with E-state index in [4.69, 9.17) is 0 Å². The first kappa shape index (κ1) is 20.1. The van der Waals surface area contributed by atoms with Crippen LogP contribution >= 0.6 is 0 Å². The van der Waals surface area contributed by atoms with Crippen molar-refractivity contribution in [2.45, 2.75) is 18.0 Å². The molecule has 0 spiro atoms. The average Bonchev–Trinajstić information content (AvgIpc) is 2.80. The number of aliphatic hydroxyl groups is 1. The van der Waals surface area contributed by atoms with Crippen molar-refractivity contribution in [2.75, 3.05) is 23.4 Å². The molecule has 0 aliphatic carbocycles. The standard InChI is InChI=1S/C24H21FN4O3/c25-16-6-3-7-17(11-16)27-24(32)28-13-20-22(18-8-1-2-9-19(18)28)21(14-30)29(20)23(31)15-5-4-10-26-12-15/h1-12,20-22,30H,13-14H2,(H,27,32)/t20-,21+,22+/m1/s1. The smallest absolute Gasteiger partial charge is 0.326 e. The molecule has 3 amide bonds. The maximum atomic E-state index is 13.6. The third-order valence-corrected chi connectivity index (χ3v) is 6.15. The summed E-state index contributed by atoms with van der Waals surface area (Å²) >= 11 is 0. The largest absolute Gasteiger partial charge is 0.394 e. The van der Waals surface area contributed by atoms with Crippen LogP contribution in [0.5, 0.6) is 0 Å². The van der Waals surface area contributed by atoms with Crippen molar-refractivity contribution in [3.05, 3.63) is 90.0 Å². The fourth-order valence-electron chi connectivity index (χ4n) is 4.75. The molecule has 1 fully saturated rings. The number of hydrogen-bond acceptors (Lipinski definition) is 4. The van der Waals surface area contributed by atoms with E-state index in [1.165, 1.54) is 24.4 Å². The van der Waals surface area contributed by atoms with E-state index in [0.29, 0.717) is 11.3 Å². The number of para-hydroxylation sites is 1. The summed E-state index contributed by atoms with van der Waals surface area (Å²) in [5, 5.41) is 12.8. The zero-order valence-electron chi connectivity index (χ0n) is 17.1.